The molecule has 0 amide bonds. The Balaban J connectivity index is 2.20. The van der Waals surface area contributed by atoms with Crippen molar-refractivity contribution in [2.75, 3.05) is 12.3 Å². The van der Waals surface area contributed by atoms with Gasteiger partial charge in [-0.05, 0) is 48.2 Å². The monoisotopic (exact) mass is 289 g/mol. The summed E-state index contributed by atoms with van der Waals surface area (Å²) in [6, 6.07) is 5.59. The van der Waals surface area contributed by atoms with Crippen LogP contribution >= 0.6 is 0 Å². The number of tetrazole rings is 1. The smallest absolute Gasteiger partial charge is 0.182 e. The van der Waals surface area contributed by atoms with Gasteiger partial charge in [0.15, 0.2) is 5.82 Å². The van der Waals surface area contributed by atoms with Crippen LogP contribution in [0.3, 0.4) is 0 Å². The zero-order valence-corrected chi connectivity index (χ0v) is 12.9. The van der Waals surface area contributed by atoms with Crippen molar-refractivity contribution in [1.29, 1.82) is 0 Å². The predicted octanol–water partition coefficient (Wildman–Crippen LogP) is 2.76. The topological polar surface area (TPSA) is 78.8 Å². The first-order valence-corrected chi connectivity index (χ1v) is 7.40. The number of hydrogen-bond acceptors (Lipinski definition) is 5. The maximum Gasteiger partial charge on any atom is 0.182 e. The van der Waals surface area contributed by atoms with Crippen LogP contribution in [-0.4, -0.2) is 26.8 Å². The zero-order chi connectivity index (χ0) is 15.2. The number of benzene rings is 1. The third-order valence-corrected chi connectivity index (χ3v) is 3.18. The highest BCUT2D eigenvalue weighted by Gasteiger charge is 2.11. The molecule has 0 atom stereocenters. The summed E-state index contributed by atoms with van der Waals surface area (Å²) in [5.74, 6) is 2.15. The minimum absolute atomic E-state index is 0.599. The fraction of sp³-hybridized carbons (Fsp3) is 0.533. The fourth-order valence-corrected chi connectivity index (χ4v) is 2.21. The van der Waals surface area contributed by atoms with E-state index in [0.717, 1.165) is 36.5 Å². The molecule has 2 rings (SSSR count). The number of ether oxygens (including phenoxy) is 1. The van der Waals surface area contributed by atoms with E-state index < -0.39 is 0 Å². The van der Waals surface area contributed by atoms with Gasteiger partial charge in [0.25, 0.3) is 0 Å². The molecule has 21 heavy (non-hydrogen) atoms. The van der Waals surface area contributed by atoms with Crippen molar-refractivity contribution in [2.24, 2.45) is 5.92 Å². The second-order valence-corrected chi connectivity index (χ2v) is 5.49. The Kier molecular flexibility index (Phi) is 5.14. The molecule has 2 N–H and O–H groups in total. The number of nitrogens with two attached hydrogens (primary N) is 1. The lowest BCUT2D eigenvalue weighted by atomic mass is 10.1. The molecule has 0 saturated carbocycles. The van der Waals surface area contributed by atoms with Crippen LogP contribution in [0.15, 0.2) is 18.2 Å². The standard InChI is InChI=1S/C15H23N5O/c1-4-21-14-9-12(8-13(16)10-14)15-17-18-19-20(15)7-5-6-11(2)3/h8-11H,4-7,16H2,1-3H3. The summed E-state index contributed by atoms with van der Waals surface area (Å²) in [6.45, 7) is 7.78. The van der Waals surface area contributed by atoms with Gasteiger partial charge in [0, 0.05) is 23.9 Å². The molecule has 114 valence electrons. The molecule has 0 bridgehead atoms. The predicted molar refractivity (Wildman–Crippen MR) is 82.9 cm³/mol. The second-order valence-electron chi connectivity index (χ2n) is 5.49. The number of nitrogen functional groups attached to an aromatic ring is 1. The van der Waals surface area contributed by atoms with Crippen molar-refractivity contribution in [3.05, 3.63) is 18.2 Å². The number of hydrogen-bond donors (Lipinski definition) is 1. The van der Waals surface area contributed by atoms with Gasteiger partial charge >= 0.3 is 0 Å². The Hall–Kier alpha value is -2.11. The van der Waals surface area contributed by atoms with Gasteiger partial charge in [-0.15, -0.1) is 5.10 Å². The minimum Gasteiger partial charge on any atom is -0.494 e. The fourth-order valence-electron chi connectivity index (χ4n) is 2.21. The zero-order valence-electron chi connectivity index (χ0n) is 12.9. The Morgan fingerprint density at radius 3 is 2.81 bits per heavy atom. The lowest BCUT2D eigenvalue weighted by molar-refractivity contribution is 0.340. The number of aryl methyl sites for hydroxylation is 1. The summed E-state index contributed by atoms with van der Waals surface area (Å²) in [4.78, 5) is 0. The van der Waals surface area contributed by atoms with Crippen molar-refractivity contribution < 1.29 is 4.74 Å². The summed E-state index contributed by atoms with van der Waals surface area (Å²) in [7, 11) is 0. The number of rotatable bonds is 7. The molecule has 1 heterocycles. The van der Waals surface area contributed by atoms with Crippen LogP contribution in [0.5, 0.6) is 5.75 Å². The van der Waals surface area contributed by atoms with Crippen LogP contribution < -0.4 is 10.5 Å². The van der Waals surface area contributed by atoms with Gasteiger partial charge in [0.05, 0.1) is 6.61 Å². The summed E-state index contributed by atoms with van der Waals surface area (Å²) >= 11 is 0. The summed E-state index contributed by atoms with van der Waals surface area (Å²) in [5, 5.41) is 12.0. The van der Waals surface area contributed by atoms with Crippen molar-refractivity contribution in [3.63, 3.8) is 0 Å². The highest BCUT2D eigenvalue weighted by atomic mass is 16.5. The molecule has 2 aromatic rings. The number of anilines is 1. The highest BCUT2D eigenvalue weighted by molar-refractivity contribution is 5.64. The SMILES string of the molecule is CCOc1cc(N)cc(-c2nnnn2CCCC(C)C)c1. The molecular weight excluding hydrogens is 266 g/mol. The molecule has 0 aliphatic carbocycles. The molecule has 0 aliphatic heterocycles. The third kappa shape index (κ3) is 4.18. The molecule has 0 fully saturated rings. The molecule has 0 unspecified atom stereocenters. The van der Waals surface area contributed by atoms with Crippen LogP contribution in [0, 0.1) is 5.92 Å². The van der Waals surface area contributed by atoms with Crippen LogP contribution in [0.25, 0.3) is 11.4 Å². The van der Waals surface area contributed by atoms with Gasteiger partial charge in [-0.3, -0.25) is 0 Å². The average molecular weight is 289 g/mol. The Morgan fingerprint density at radius 1 is 1.29 bits per heavy atom. The molecule has 1 aromatic heterocycles. The van der Waals surface area contributed by atoms with Gasteiger partial charge in [0.1, 0.15) is 5.75 Å². The number of aromatic nitrogens is 4. The van der Waals surface area contributed by atoms with Crippen molar-refractivity contribution in [3.8, 4) is 17.1 Å². The molecule has 6 nitrogen and oxygen atoms in total. The van der Waals surface area contributed by atoms with E-state index in [0.29, 0.717) is 18.2 Å². The van der Waals surface area contributed by atoms with E-state index in [-0.39, 0.29) is 0 Å². The van der Waals surface area contributed by atoms with E-state index in [1.807, 2.05) is 23.7 Å². The summed E-state index contributed by atoms with van der Waals surface area (Å²) in [6.07, 6.45) is 2.21. The van der Waals surface area contributed by atoms with E-state index in [9.17, 15) is 0 Å². The van der Waals surface area contributed by atoms with E-state index in [2.05, 4.69) is 29.4 Å². The van der Waals surface area contributed by atoms with Crippen LogP contribution in [0.1, 0.15) is 33.6 Å². The third-order valence-electron chi connectivity index (χ3n) is 3.18. The first-order valence-electron chi connectivity index (χ1n) is 7.40. The molecule has 1 aromatic carbocycles. The van der Waals surface area contributed by atoms with Gasteiger partial charge < -0.3 is 10.5 Å². The molecule has 6 heteroatoms. The maximum absolute atomic E-state index is 5.93. The number of nitrogens with zero attached hydrogens (tertiary/aromatic N) is 4. The second kappa shape index (κ2) is 7.06. The molecule has 0 saturated heterocycles. The van der Waals surface area contributed by atoms with Crippen LogP contribution in [-0.2, 0) is 6.54 Å². The molecule has 0 radical (unpaired) electrons. The van der Waals surface area contributed by atoms with E-state index in [4.69, 9.17) is 10.5 Å². The van der Waals surface area contributed by atoms with Gasteiger partial charge in [-0.25, -0.2) is 4.68 Å². The van der Waals surface area contributed by atoms with Gasteiger partial charge in [-0.1, -0.05) is 13.8 Å². The first-order chi connectivity index (χ1) is 10.1. The lowest BCUT2D eigenvalue weighted by Crippen LogP contribution is -2.05. The van der Waals surface area contributed by atoms with Crippen LogP contribution in [0.2, 0.25) is 0 Å². The van der Waals surface area contributed by atoms with Gasteiger partial charge in [0.2, 0.25) is 0 Å². The first kappa shape index (κ1) is 15.3. The quantitative estimate of drug-likeness (QED) is 0.793. The molecule has 0 spiro atoms. The molecular formula is C15H23N5O. The Bertz CT molecular complexity index is 579. The molecule has 0 aliphatic rings. The van der Waals surface area contributed by atoms with Crippen LogP contribution in [0.4, 0.5) is 5.69 Å². The van der Waals surface area contributed by atoms with Crippen molar-refractivity contribution >= 4 is 5.69 Å². The van der Waals surface area contributed by atoms with E-state index in [1.54, 1.807) is 6.07 Å². The van der Waals surface area contributed by atoms with E-state index in [1.165, 1.54) is 0 Å². The van der Waals surface area contributed by atoms with Crippen molar-refractivity contribution in [1.82, 2.24) is 20.2 Å². The Morgan fingerprint density at radius 2 is 2.10 bits per heavy atom. The Labute approximate surface area is 125 Å². The normalized spacial score (nSPS) is 11.0. The maximum atomic E-state index is 5.93. The van der Waals surface area contributed by atoms with E-state index >= 15 is 0 Å². The van der Waals surface area contributed by atoms with Gasteiger partial charge in [-0.2, -0.15) is 0 Å². The summed E-state index contributed by atoms with van der Waals surface area (Å²) in [5.41, 5.74) is 7.46. The lowest BCUT2D eigenvalue weighted by Gasteiger charge is -2.09. The average Bonchev–Trinajstić information content (AvgIpc) is 2.86. The summed E-state index contributed by atoms with van der Waals surface area (Å²) < 4.78 is 7.35. The highest BCUT2D eigenvalue weighted by Crippen LogP contribution is 2.26. The minimum atomic E-state index is 0.599. The largest absolute Gasteiger partial charge is 0.494 e. The van der Waals surface area contributed by atoms with Crippen molar-refractivity contribution in [2.45, 2.75) is 40.2 Å².